The van der Waals surface area contributed by atoms with Crippen LogP contribution in [0.5, 0.6) is 0 Å². The number of carbonyl (C=O) groups is 1. The smallest absolute Gasteiger partial charge is 0.186 e. The van der Waals surface area contributed by atoms with Gasteiger partial charge >= 0.3 is 0 Å². The zero-order valence-corrected chi connectivity index (χ0v) is 13.8. The van der Waals surface area contributed by atoms with Gasteiger partial charge in [-0.05, 0) is 35.4 Å². The molecule has 2 aromatic rings. The van der Waals surface area contributed by atoms with Crippen LogP contribution in [0.15, 0.2) is 40.6 Å². The van der Waals surface area contributed by atoms with Crippen molar-refractivity contribution in [3.63, 3.8) is 0 Å². The number of hydrogen-bond acceptors (Lipinski definition) is 4. The predicted octanol–water partition coefficient (Wildman–Crippen LogP) is 4.10. The Balaban J connectivity index is 1.63. The Morgan fingerprint density at radius 1 is 1.24 bits per heavy atom. The van der Waals surface area contributed by atoms with Crippen LogP contribution in [0, 0.1) is 0 Å². The first-order chi connectivity index (χ1) is 10.3. The summed E-state index contributed by atoms with van der Waals surface area (Å²) < 4.78 is 1.24. The molecular weight excluding hydrogens is 298 g/mol. The van der Waals surface area contributed by atoms with Crippen molar-refractivity contribution in [3.05, 3.63) is 52.4 Å². The lowest BCUT2D eigenvalue weighted by molar-refractivity contribution is 0.0925. The molecule has 0 saturated carbocycles. The highest BCUT2D eigenvalue weighted by Gasteiger charge is 2.19. The molecule has 0 radical (unpaired) electrons. The summed E-state index contributed by atoms with van der Waals surface area (Å²) in [5.41, 5.74) is 2.80. The van der Waals surface area contributed by atoms with Crippen LogP contribution in [-0.2, 0) is 13.0 Å². The maximum atomic E-state index is 12.4. The molecule has 1 aromatic heterocycles. The molecule has 4 heteroatoms. The van der Waals surface area contributed by atoms with Gasteiger partial charge in [-0.1, -0.05) is 31.2 Å². The van der Waals surface area contributed by atoms with Crippen LogP contribution in [0.3, 0.4) is 0 Å². The number of benzene rings is 1. The number of fused-ring (bicyclic) bond motifs is 1. The number of carbonyl (C=O) groups excluding carboxylic acids is 1. The Labute approximate surface area is 134 Å². The third-order valence-corrected chi connectivity index (χ3v) is 5.95. The van der Waals surface area contributed by atoms with Gasteiger partial charge in [0.25, 0.3) is 0 Å². The van der Waals surface area contributed by atoms with E-state index in [9.17, 15) is 4.79 Å². The quantitative estimate of drug-likeness (QED) is 0.611. The van der Waals surface area contributed by atoms with Gasteiger partial charge in [-0.3, -0.25) is 9.69 Å². The van der Waals surface area contributed by atoms with Crippen LogP contribution < -0.4 is 0 Å². The molecule has 21 heavy (non-hydrogen) atoms. The minimum atomic E-state index is 0.252. The summed E-state index contributed by atoms with van der Waals surface area (Å²) in [5, 5.41) is 0. The molecule has 2 nitrogen and oxygen atoms in total. The van der Waals surface area contributed by atoms with Crippen LogP contribution >= 0.6 is 23.1 Å². The van der Waals surface area contributed by atoms with Crippen LogP contribution in [0.25, 0.3) is 0 Å². The molecular formula is C17H19NOS2. The largest absolute Gasteiger partial charge is 0.292 e. The highest BCUT2D eigenvalue weighted by atomic mass is 32.2. The molecule has 0 spiro atoms. The fraction of sp³-hybridized carbons (Fsp3) is 0.353. The van der Waals surface area contributed by atoms with Crippen molar-refractivity contribution < 1.29 is 4.79 Å². The number of Topliss-reactive ketones (excluding diaryl/α,β-unsaturated/α-hetero) is 1. The molecule has 0 fully saturated rings. The van der Waals surface area contributed by atoms with Gasteiger partial charge in [-0.2, -0.15) is 0 Å². The Kier molecular flexibility index (Phi) is 4.78. The average Bonchev–Trinajstić information content (AvgIpc) is 2.96. The second-order valence-corrected chi connectivity index (χ2v) is 7.85. The van der Waals surface area contributed by atoms with Crippen molar-refractivity contribution in [1.29, 1.82) is 0 Å². The van der Waals surface area contributed by atoms with Crippen molar-refractivity contribution in [2.45, 2.75) is 24.1 Å². The van der Waals surface area contributed by atoms with Crippen LogP contribution in [0.1, 0.15) is 27.7 Å². The lowest BCUT2D eigenvalue weighted by Crippen LogP contribution is -2.34. The Bertz CT molecular complexity index is 635. The van der Waals surface area contributed by atoms with E-state index in [1.165, 1.54) is 15.3 Å². The van der Waals surface area contributed by atoms with E-state index in [2.05, 4.69) is 42.2 Å². The van der Waals surface area contributed by atoms with Gasteiger partial charge in [0.05, 0.1) is 15.6 Å². The molecule has 0 bridgehead atoms. The minimum absolute atomic E-state index is 0.252. The third kappa shape index (κ3) is 3.57. The standard InChI is InChI=1S/C17H19NOS2/c1-2-20-17-8-7-16(21-17)15(19)12-18-10-9-13-5-3-4-6-14(13)11-18/h3-8H,2,9-12H2,1H3. The lowest BCUT2D eigenvalue weighted by Gasteiger charge is -2.27. The summed E-state index contributed by atoms with van der Waals surface area (Å²) in [6, 6.07) is 12.6. The summed E-state index contributed by atoms with van der Waals surface area (Å²) in [7, 11) is 0. The normalized spacial score (nSPS) is 14.9. The van der Waals surface area contributed by atoms with Crippen LogP contribution in [-0.4, -0.2) is 29.5 Å². The first-order valence-electron chi connectivity index (χ1n) is 7.31. The molecule has 3 rings (SSSR count). The van der Waals surface area contributed by atoms with E-state index in [0.29, 0.717) is 6.54 Å². The summed E-state index contributed by atoms with van der Waals surface area (Å²) in [6.07, 6.45) is 1.05. The molecule has 0 aliphatic carbocycles. The SMILES string of the molecule is CCSc1ccc(C(=O)CN2CCc3ccccc3C2)s1. The van der Waals surface area contributed by atoms with E-state index in [1.807, 2.05) is 6.07 Å². The first kappa shape index (κ1) is 14.8. The number of hydrogen-bond donors (Lipinski definition) is 0. The molecule has 2 heterocycles. The molecule has 0 unspecified atom stereocenters. The van der Waals surface area contributed by atoms with Crippen molar-refractivity contribution in [3.8, 4) is 0 Å². The second-order valence-electron chi connectivity index (χ2n) is 5.20. The van der Waals surface area contributed by atoms with E-state index < -0.39 is 0 Å². The summed E-state index contributed by atoms with van der Waals surface area (Å²) >= 11 is 3.43. The topological polar surface area (TPSA) is 20.3 Å². The van der Waals surface area contributed by atoms with Gasteiger partial charge in [0.2, 0.25) is 0 Å². The van der Waals surface area contributed by atoms with Crippen LogP contribution in [0.2, 0.25) is 0 Å². The van der Waals surface area contributed by atoms with E-state index >= 15 is 0 Å². The van der Waals surface area contributed by atoms with E-state index in [-0.39, 0.29) is 5.78 Å². The monoisotopic (exact) mass is 317 g/mol. The van der Waals surface area contributed by atoms with E-state index in [1.54, 1.807) is 23.1 Å². The molecule has 110 valence electrons. The molecule has 0 amide bonds. The molecule has 1 aliphatic heterocycles. The van der Waals surface area contributed by atoms with Crippen molar-refractivity contribution in [1.82, 2.24) is 4.90 Å². The number of thiophene rings is 1. The van der Waals surface area contributed by atoms with Crippen molar-refractivity contribution in [2.75, 3.05) is 18.8 Å². The summed E-state index contributed by atoms with van der Waals surface area (Å²) in [5.74, 6) is 1.30. The minimum Gasteiger partial charge on any atom is -0.292 e. The fourth-order valence-electron chi connectivity index (χ4n) is 2.66. The van der Waals surface area contributed by atoms with Gasteiger partial charge in [0, 0.05) is 13.1 Å². The molecule has 0 saturated heterocycles. The average molecular weight is 317 g/mol. The Morgan fingerprint density at radius 3 is 2.86 bits per heavy atom. The Morgan fingerprint density at radius 2 is 2.05 bits per heavy atom. The van der Waals surface area contributed by atoms with Gasteiger partial charge in [0.1, 0.15) is 0 Å². The van der Waals surface area contributed by atoms with Gasteiger partial charge < -0.3 is 0 Å². The van der Waals surface area contributed by atoms with Gasteiger partial charge in [0.15, 0.2) is 5.78 Å². The van der Waals surface area contributed by atoms with Gasteiger partial charge in [-0.25, -0.2) is 0 Å². The summed E-state index contributed by atoms with van der Waals surface area (Å²) in [6.45, 7) is 4.54. The highest BCUT2D eigenvalue weighted by molar-refractivity contribution is 8.01. The zero-order valence-electron chi connectivity index (χ0n) is 12.2. The molecule has 0 atom stereocenters. The molecule has 1 aliphatic rings. The first-order valence-corrected chi connectivity index (χ1v) is 9.11. The third-order valence-electron chi connectivity index (χ3n) is 3.72. The van der Waals surface area contributed by atoms with Crippen molar-refractivity contribution in [2.24, 2.45) is 0 Å². The fourth-order valence-corrected chi connectivity index (χ4v) is 4.63. The predicted molar refractivity (Wildman–Crippen MR) is 90.5 cm³/mol. The number of thioether (sulfide) groups is 1. The second kappa shape index (κ2) is 6.77. The molecule has 1 aromatic carbocycles. The van der Waals surface area contributed by atoms with E-state index in [4.69, 9.17) is 0 Å². The van der Waals surface area contributed by atoms with Gasteiger partial charge in [-0.15, -0.1) is 23.1 Å². The number of rotatable bonds is 5. The van der Waals surface area contributed by atoms with Crippen molar-refractivity contribution >= 4 is 28.9 Å². The summed E-state index contributed by atoms with van der Waals surface area (Å²) in [4.78, 5) is 15.6. The zero-order chi connectivity index (χ0) is 14.7. The highest BCUT2D eigenvalue weighted by Crippen LogP contribution is 2.27. The van der Waals surface area contributed by atoms with E-state index in [0.717, 1.165) is 30.1 Å². The molecule has 0 N–H and O–H groups in total. The number of nitrogens with zero attached hydrogens (tertiary/aromatic N) is 1. The maximum Gasteiger partial charge on any atom is 0.186 e. The number of ketones is 1. The maximum absolute atomic E-state index is 12.4. The lowest BCUT2D eigenvalue weighted by atomic mass is 10.00. The Hall–Kier alpha value is -1.10. The van der Waals surface area contributed by atoms with Crippen LogP contribution in [0.4, 0.5) is 0 Å².